The highest BCUT2D eigenvalue weighted by Gasteiger charge is 2.16. The zero-order valence-electron chi connectivity index (χ0n) is 11.7. The Bertz CT molecular complexity index is 589. The van der Waals surface area contributed by atoms with Crippen LogP contribution in [0, 0.1) is 0 Å². The fourth-order valence-corrected chi connectivity index (χ4v) is 2.49. The molecule has 2 aromatic rings. The molecule has 0 saturated carbocycles. The Kier molecular flexibility index (Phi) is 4.16. The number of amides is 2. The van der Waals surface area contributed by atoms with E-state index in [1.807, 2.05) is 41.2 Å². The number of nitrogens with one attached hydrogen (secondary N) is 3. The monoisotopic (exact) mass is 285 g/mol. The summed E-state index contributed by atoms with van der Waals surface area (Å²) in [5.74, 6) is 0. The number of aromatic nitrogens is 2. The molecule has 0 aliphatic carbocycles. The van der Waals surface area contributed by atoms with E-state index < -0.39 is 0 Å². The standard InChI is InChI=1S/C15H19N5O/c21-15(18-12-4-2-1-3-5-12)19-13-10-17-20(11-13)14-6-8-16-9-7-14/h1-5,10-11,14,16H,6-9H2,(H2,18,19,21). The third-order valence-electron chi connectivity index (χ3n) is 3.57. The molecule has 6 nitrogen and oxygen atoms in total. The van der Waals surface area contributed by atoms with Gasteiger partial charge in [-0.05, 0) is 38.1 Å². The van der Waals surface area contributed by atoms with Gasteiger partial charge in [-0.25, -0.2) is 4.79 Å². The van der Waals surface area contributed by atoms with E-state index in [2.05, 4.69) is 21.0 Å². The molecule has 0 atom stereocenters. The van der Waals surface area contributed by atoms with E-state index in [1.165, 1.54) is 0 Å². The summed E-state index contributed by atoms with van der Waals surface area (Å²) in [7, 11) is 0. The molecule has 0 unspecified atom stereocenters. The fraction of sp³-hybridized carbons (Fsp3) is 0.333. The van der Waals surface area contributed by atoms with Gasteiger partial charge >= 0.3 is 6.03 Å². The Morgan fingerprint density at radius 1 is 1.14 bits per heavy atom. The van der Waals surface area contributed by atoms with Gasteiger partial charge in [-0.3, -0.25) is 4.68 Å². The number of urea groups is 1. The van der Waals surface area contributed by atoms with Gasteiger partial charge in [-0.1, -0.05) is 18.2 Å². The molecule has 1 aromatic heterocycles. The number of para-hydroxylation sites is 1. The molecule has 3 rings (SSSR count). The number of anilines is 2. The lowest BCUT2D eigenvalue weighted by atomic mass is 10.1. The first-order valence-electron chi connectivity index (χ1n) is 7.19. The third-order valence-corrected chi connectivity index (χ3v) is 3.57. The van der Waals surface area contributed by atoms with E-state index in [0.717, 1.165) is 31.6 Å². The second-order valence-electron chi connectivity index (χ2n) is 5.14. The van der Waals surface area contributed by atoms with Crippen LogP contribution in [0.5, 0.6) is 0 Å². The Morgan fingerprint density at radius 2 is 1.86 bits per heavy atom. The summed E-state index contributed by atoms with van der Waals surface area (Å²) in [4.78, 5) is 11.9. The summed E-state index contributed by atoms with van der Waals surface area (Å²) in [6, 6.07) is 9.52. The molecule has 0 bridgehead atoms. The van der Waals surface area contributed by atoms with Crippen LogP contribution in [0.15, 0.2) is 42.7 Å². The number of piperidine rings is 1. The SMILES string of the molecule is O=C(Nc1ccccc1)Nc1cnn(C2CCNCC2)c1. The molecular weight excluding hydrogens is 266 g/mol. The summed E-state index contributed by atoms with van der Waals surface area (Å²) >= 11 is 0. The summed E-state index contributed by atoms with van der Waals surface area (Å²) < 4.78 is 1.94. The number of benzene rings is 1. The predicted octanol–water partition coefficient (Wildman–Crippen LogP) is 2.45. The molecule has 1 aromatic carbocycles. The van der Waals surface area contributed by atoms with E-state index in [4.69, 9.17) is 0 Å². The van der Waals surface area contributed by atoms with Gasteiger partial charge in [0.15, 0.2) is 0 Å². The molecule has 1 saturated heterocycles. The van der Waals surface area contributed by atoms with Crippen LogP contribution >= 0.6 is 0 Å². The van der Waals surface area contributed by atoms with Crippen LogP contribution < -0.4 is 16.0 Å². The quantitative estimate of drug-likeness (QED) is 0.811. The van der Waals surface area contributed by atoms with Crippen LogP contribution in [-0.4, -0.2) is 28.9 Å². The van der Waals surface area contributed by atoms with E-state index >= 15 is 0 Å². The smallest absolute Gasteiger partial charge is 0.317 e. The second-order valence-corrected chi connectivity index (χ2v) is 5.14. The highest BCUT2D eigenvalue weighted by Crippen LogP contribution is 2.19. The normalized spacial score (nSPS) is 15.6. The maximum atomic E-state index is 11.9. The van der Waals surface area contributed by atoms with Crippen molar-refractivity contribution in [3.05, 3.63) is 42.7 Å². The average Bonchev–Trinajstić information content (AvgIpc) is 2.97. The van der Waals surface area contributed by atoms with Gasteiger partial charge in [0.2, 0.25) is 0 Å². The van der Waals surface area contributed by atoms with Crippen LogP contribution in [0.25, 0.3) is 0 Å². The largest absolute Gasteiger partial charge is 0.323 e. The number of nitrogens with zero attached hydrogens (tertiary/aromatic N) is 2. The van der Waals surface area contributed by atoms with Crippen LogP contribution in [0.2, 0.25) is 0 Å². The lowest BCUT2D eigenvalue weighted by Gasteiger charge is -2.22. The van der Waals surface area contributed by atoms with Crippen molar-refractivity contribution in [1.29, 1.82) is 0 Å². The van der Waals surface area contributed by atoms with Gasteiger partial charge < -0.3 is 16.0 Å². The van der Waals surface area contributed by atoms with Crippen molar-refractivity contribution < 1.29 is 4.79 Å². The van der Waals surface area contributed by atoms with Crippen molar-refractivity contribution >= 4 is 17.4 Å². The average molecular weight is 285 g/mol. The minimum Gasteiger partial charge on any atom is -0.317 e. The van der Waals surface area contributed by atoms with Gasteiger partial charge in [0, 0.05) is 11.9 Å². The first-order chi connectivity index (χ1) is 10.3. The summed E-state index contributed by atoms with van der Waals surface area (Å²) in [5, 5.41) is 13.3. The number of rotatable bonds is 3. The Morgan fingerprint density at radius 3 is 2.62 bits per heavy atom. The van der Waals surface area contributed by atoms with Gasteiger partial charge in [0.25, 0.3) is 0 Å². The van der Waals surface area contributed by atoms with E-state index in [1.54, 1.807) is 6.20 Å². The molecule has 21 heavy (non-hydrogen) atoms. The van der Waals surface area contributed by atoms with Crippen molar-refractivity contribution in [3.63, 3.8) is 0 Å². The minimum absolute atomic E-state index is 0.258. The van der Waals surface area contributed by atoms with E-state index in [-0.39, 0.29) is 6.03 Å². The summed E-state index contributed by atoms with van der Waals surface area (Å²) in [6.07, 6.45) is 5.71. The van der Waals surface area contributed by atoms with Crippen molar-refractivity contribution in [2.75, 3.05) is 23.7 Å². The molecule has 110 valence electrons. The molecule has 2 heterocycles. The Balaban J connectivity index is 1.57. The highest BCUT2D eigenvalue weighted by molar-refractivity contribution is 5.99. The molecule has 6 heteroatoms. The van der Waals surface area contributed by atoms with Crippen LogP contribution in [0.1, 0.15) is 18.9 Å². The topological polar surface area (TPSA) is 71.0 Å². The zero-order chi connectivity index (χ0) is 14.5. The first-order valence-corrected chi connectivity index (χ1v) is 7.19. The Labute approximate surface area is 123 Å². The first kappa shape index (κ1) is 13.6. The molecule has 0 spiro atoms. The third kappa shape index (κ3) is 3.61. The lowest BCUT2D eigenvalue weighted by Crippen LogP contribution is -2.29. The van der Waals surface area contributed by atoms with Crippen molar-refractivity contribution in [2.45, 2.75) is 18.9 Å². The van der Waals surface area contributed by atoms with E-state index in [9.17, 15) is 4.79 Å². The number of hydrogen-bond donors (Lipinski definition) is 3. The van der Waals surface area contributed by atoms with Crippen molar-refractivity contribution in [3.8, 4) is 0 Å². The molecular formula is C15H19N5O. The fourth-order valence-electron chi connectivity index (χ4n) is 2.49. The van der Waals surface area contributed by atoms with Crippen molar-refractivity contribution in [1.82, 2.24) is 15.1 Å². The maximum Gasteiger partial charge on any atom is 0.323 e. The molecule has 1 aliphatic heterocycles. The number of carbonyl (C=O) groups excluding carboxylic acids is 1. The van der Waals surface area contributed by atoms with Crippen molar-refractivity contribution in [2.24, 2.45) is 0 Å². The number of hydrogen-bond acceptors (Lipinski definition) is 3. The summed E-state index contributed by atoms with van der Waals surface area (Å²) in [6.45, 7) is 2.03. The maximum absolute atomic E-state index is 11.9. The Hall–Kier alpha value is -2.34. The zero-order valence-corrected chi connectivity index (χ0v) is 11.7. The number of carbonyl (C=O) groups is 1. The molecule has 1 fully saturated rings. The van der Waals surface area contributed by atoms with Crippen LogP contribution in [0.4, 0.5) is 16.2 Å². The minimum atomic E-state index is -0.258. The predicted molar refractivity (Wildman–Crippen MR) is 82.5 cm³/mol. The van der Waals surface area contributed by atoms with Gasteiger partial charge in [0.1, 0.15) is 0 Å². The summed E-state index contributed by atoms with van der Waals surface area (Å²) in [5.41, 5.74) is 1.47. The van der Waals surface area contributed by atoms with Crippen LogP contribution in [-0.2, 0) is 0 Å². The van der Waals surface area contributed by atoms with Crippen LogP contribution in [0.3, 0.4) is 0 Å². The van der Waals surface area contributed by atoms with Gasteiger partial charge in [-0.15, -0.1) is 0 Å². The second kappa shape index (κ2) is 6.41. The van der Waals surface area contributed by atoms with E-state index in [0.29, 0.717) is 11.7 Å². The molecule has 3 N–H and O–H groups in total. The lowest BCUT2D eigenvalue weighted by molar-refractivity contribution is 0.262. The van der Waals surface area contributed by atoms with Gasteiger partial charge in [0.05, 0.1) is 17.9 Å². The molecule has 2 amide bonds. The molecule has 1 aliphatic rings. The molecule has 0 radical (unpaired) electrons. The highest BCUT2D eigenvalue weighted by atomic mass is 16.2. The van der Waals surface area contributed by atoms with Gasteiger partial charge in [-0.2, -0.15) is 5.10 Å².